The van der Waals surface area contributed by atoms with E-state index in [4.69, 9.17) is 9.47 Å². The van der Waals surface area contributed by atoms with Crippen molar-refractivity contribution in [2.24, 2.45) is 0 Å². The van der Waals surface area contributed by atoms with Gasteiger partial charge in [-0.1, -0.05) is 39.3 Å². The molecule has 0 saturated carbocycles. The fraction of sp³-hybridized carbons (Fsp3) is 0.440. The quantitative estimate of drug-likeness (QED) is 0.381. The number of aromatic nitrogens is 1. The minimum Gasteiger partial charge on any atom is -0.431 e. The number of sulfonamides is 1. The Morgan fingerprint density at radius 3 is 2.28 bits per heavy atom. The van der Waals surface area contributed by atoms with Gasteiger partial charge in [0, 0.05) is 25.2 Å². The summed E-state index contributed by atoms with van der Waals surface area (Å²) in [7, 11) is -4.12. The van der Waals surface area contributed by atoms with Crippen molar-refractivity contribution in [2.75, 3.05) is 6.54 Å². The molecule has 2 aromatic rings. The van der Waals surface area contributed by atoms with E-state index in [0.717, 1.165) is 24.6 Å². The van der Waals surface area contributed by atoms with E-state index in [1.165, 1.54) is 24.3 Å². The Labute approximate surface area is 211 Å². The Hall–Kier alpha value is -3.47. The first-order chi connectivity index (χ1) is 17.2. The van der Waals surface area contributed by atoms with Crippen LogP contribution in [0.1, 0.15) is 68.8 Å². The maximum absolute atomic E-state index is 12.6. The second-order valence-electron chi connectivity index (χ2n) is 8.08. The minimum atomic E-state index is -4.12. The lowest BCUT2D eigenvalue weighted by Gasteiger charge is -2.13. The maximum atomic E-state index is 12.6. The lowest BCUT2D eigenvalue weighted by atomic mass is 10.1. The molecule has 0 radical (unpaired) electrons. The van der Waals surface area contributed by atoms with Crippen LogP contribution in [0.25, 0.3) is 0 Å². The lowest BCUT2D eigenvalue weighted by Crippen LogP contribution is -2.30. The molecule has 0 aliphatic rings. The van der Waals surface area contributed by atoms with Crippen molar-refractivity contribution < 1.29 is 32.3 Å². The van der Waals surface area contributed by atoms with Gasteiger partial charge in [-0.25, -0.2) is 22.9 Å². The number of hydrogen-bond acceptors (Lipinski definition) is 8. The molecule has 0 atom stereocenters. The summed E-state index contributed by atoms with van der Waals surface area (Å²) in [5.74, 6) is -0.968. The van der Waals surface area contributed by atoms with Gasteiger partial charge >= 0.3 is 6.16 Å². The van der Waals surface area contributed by atoms with Gasteiger partial charge in [0.05, 0.1) is 10.5 Å². The number of nitrogens with one attached hydrogen (secondary N) is 2. The van der Waals surface area contributed by atoms with Gasteiger partial charge in [-0.15, -0.1) is 0 Å². The number of unbranched alkanes of at least 4 members (excludes halogenated alkanes) is 1. The Bertz CT molecular complexity index is 1110. The highest BCUT2D eigenvalue weighted by atomic mass is 32.2. The third-order valence-corrected chi connectivity index (χ3v) is 6.66. The van der Waals surface area contributed by atoms with Gasteiger partial charge in [0.25, 0.3) is 15.9 Å². The summed E-state index contributed by atoms with van der Waals surface area (Å²) in [6.45, 7) is 6.23. The van der Waals surface area contributed by atoms with Gasteiger partial charge in [0.1, 0.15) is 6.10 Å². The molecule has 0 saturated heterocycles. The third-order valence-electron chi connectivity index (χ3n) is 5.31. The molecule has 2 amide bonds. The van der Waals surface area contributed by atoms with Gasteiger partial charge in [-0.3, -0.25) is 9.59 Å². The van der Waals surface area contributed by atoms with Crippen LogP contribution in [0, 0.1) is 0 Å². The Morgan fingerprint density at radius 2 is 1.69 bits per heavy atom. The van der Waals surface area contributed by atoms with E-state index in [-0.39, 0.29) is 28.4 Å². The van der Waals surface area contributed by atoms with Crippen LogP contribution in [-0.4, -0.2) is 44.0 Å². The number of hydrogen-bond donors (Lipinski definition) is 2. The Kier molecular flexibility index (Phi) is 11.3. The highest BCUT2D eigenvalue weighted by Gasteiger charge is 2.20. The summed E-state index contributed by atoms with van der Waals surface area (Å²) >= 11 is 0. The fourth-order valence-corrected chi connectivity index (χ4v) is 4.10. The van der Waals surface area contributed by atoms with Crippen LogP contribution in [0.4, 0.5) is 4.79 Å². The predicted molar refractivity (Wildman–Crippen MR) is 133 cm³/mol. The van der Waals surface area contributed by atoms with Crippen LogP contribution < -0.4 is 14.8 Å². The van der Waals surface area contributed by atoms with Gasteiger partial charge in [-0.05, 0) is 49.4 Å². The number of ether oxygens (including phenoxy) is 2. The number of carbonyl (C=O) groups is 3. The number of amides is 2. The van der Waals surface area contributed by atoms with E-state index in [0.29, 0.717) is 32.2 Å². The maximum Gasteiger partial charge on any atom is 0.515 e. The summed E-state index contributed by atoms with van der Waals surface area (Å²) in [4.78, 5) is 39.7. The van der Waals surface area contributed by atoms with Gasteiger partial charge in [-0.2, -0.15) is 0 Å². The number of nitrogens with zero attached hydrogens (tertiary/aromatic N) is 1. The topological polar surface area (TPSA) is 141 Å². The molecule has 0 bridgehead atoms. The zero-order chi connectivity index (χ0) is 26.6. The van der Waals surface area contributed by atoms with Crippen LogP contribution in [0.5, 0.6) is 5.88 Å². The van der Waals surface area contributed by atoms with E-state index in [1.807, 2.05) is 25.5 Å². The van der Waals surface area contributed by atoms with Gasteiger partial charge in [0.2, 0.25) is 11.8 Å². The van der Waals surface area contributed by atoms with Crippen LogP contribution in [-0.2, 0) is 26.0 Å². The summed E-state index contributed by atoms with van der Waals surface area (Å²) in [6.07, 6.45) is 4.05. The van der Waals surface area contributed by atoms with Crippen molar-refractivity contribution in [3.05, 3.63) is 53.7 Å². The molecule has 1 aromatic carbocycles. The molecule has 2 rings (SSSR count). The average Bonchev–Trinajstić information content (AvgIpc) is 2.86. The molecule has 196 valence electrons. The zero-order valence-corrected chi connectivity index (χ0v) is 21.6. The highest BCUT2D eigenvalue weighted by Crippen LogP contribution is 2.14. The molecule has 0 aliphatic heterocycles. The number of benzene rings is 1. The molecule has 0 unspecified atom stereocenters. The first kappa shape index (κ1) is 28.8. The van der Waals surface area contributed by atoms with Crippen LogP contribution in [0.15, 0.2) is 47.5 Å². The van der Waals surface area contributed by atoms with Gasteiger partial charge in [0.15, 0.2) is 0 Å². The molecular weight excluding hydrogens is 486 g/mol. The number of rotatable bonds is 13. The van der Waals surface area contributed by atoms with E-state index in [9.17, 15) is 22.8 Å². The zero-order valence-electron chi connectivity index (χ0n) is 20.8. The van der Waals surface area contributed by atoms with Crippen molar-refractivity contribution >= 4 is 28.0 Å². The first-order valence-corrected chi connectivity index (χ1v) is 13.4. The second kappa shape index (κ2) is 14.2. The van der Waals surface area contributed by atoms with Crippen molar-refractivity contribution in [3.63, 3.8) is 0 Å². The highest BCUT2D eigenvalue weighted by molar-refractivity contribution is 7.90. The van der Waals surface area contributed by atoms with Crippen molar-refractivity contribution in [2.45, 2.75) is 70.3 Å². The van der Waals surface area contributed by atoms with E-state index < -0.39 is 22.1 Å². The molecule has 10 nitrogen and oxygen atoms in total. The summed E-state index contributed by atoms with van der Waals surface area (Å²) < 4.78 is 37.3. The standard InChI is InChI=1S/C25H33N3O7S/c1-4-7-8-22(29)26-16-15-18-9-12-21(13-10-18)36(32,33)28-24(30)19-11-14-23(27-17-19)35-25(31)34-20(5-2)6-3/h9-14,17,20H,4-8,15-16H2,1-3H3,(H,26,29)(H,28,30). The van der Waals surface area contributed by atoms with Crippen molar-refractivity contribution in [3.8, 4) is 5.88 Å². The monoisotopic (exact) mass is 519 g/mol. The van der Waals surface area contributed by atoms with Crippen LogP contribution in [0.2, 0.25) is 0 Å². The van der Waals surface area contributed by atoms with Crippen LogP contribution >= 0.6 is 0 Å². The molecule has 0 aliphatic carbocycles. The van der Waals surface area contributed by atoms with Crippen molar-refractivity contribution in [1.29, 1.82) is 0 Å². The molecule has 1 heterocycles. The second-order valence-corrected chi connectivity index (χ2v) is 9.76. The van der Waals surface area contributed by atoms with Crippen molar-refractivity contribution in [1.82, 2.24) is 15.0 Å². The molecule has 11 heteroatoms. The third kappa shape index (κ3) is 9.29. The molecule has 2 N–H and O–H groups in total. The minimum absolute atomic E-state index is 0.00518. The Balaban J connectivity index is 1.90. The predicted octanol–water partition coefficient (Wildman–Crippen LogP) is 3.75. The lowest BCUT2D eigenvalue weighted by molar-refractivity contribution is -0.121. The SMILES string of the molecule is CCCCC(=O)NCCc1ccc(S(=O)(=O)NC(=O)c2ccc(OC(=O)OC(CC)CC)nc2)cc1. The number of pyridine rings is 1. The van der Waals surface area contributed by atoms with E-state index >= 15 is 0 Å². The summed E-state index contributed by atoms with van der Waals surface area (Å²) in [5, 5.41) is 2.83. The largest absolute Gasteiger partial charge is 0.515 e. The molecule has 1 aromatic heterocycles. The molecular formula is C25H33N3O7S. The molecule has 36 heavy (non-hydrogen) atoms. The Morgan fingerprint density at radius 1 is 1.00 bits per heavy atom. The van der Waals surface area contributed by atoms with E-state index in [2.05, 4.69) is 10.3 Å². The average molecular weight is 520 g/mol. The van der Waals surface area contributed by atoms with Gasteiger partial charge < -0.3 is 14.8 Å². The van der Waals surface area contributed by atoms with Crippen LogP contribution in [0.3, 0.4) is 0 Å². The smallest absolute Gasteiger partial charge is 0.431 e. The summed E-state index contributed by atoms with van der Waals surface area (Å²) in [5.41, 5.74) is 0.813. The number of carbonyl (C=O) groups excluding carboxylic acids is 3. The first-order valence-electron chi connectivity index (χ1n) is 12.0. The van der Waals surface area contributed by atoms with E-state index in [1.54, 1.807) is 12.1 Å². The normalized spacial score (nSPS) is 11.1. The fourth-order valence-electron chi connectivity index (χ4n) is 3.12. The molecule has 0 spiro atoms. The summed E-state index contributed by atoms with van der Waals surface area (Å²) in [6, 6.07) is 8.60. The molecule has 0 fully saturated rings.